The third-order valence-corrected chi connectivity index (χ3v) is 4.93. The molecule has 0 aromatic heterocycles. The zero-order valence-corrected chi connectivity index (χ0v) is 14.6. The van der Waals surface area contributed by atoms with Crippen molar-refractivity contribution in [1.29, 1.82) is 0 Å². The van der Waals surface area contributed by atoms with Gasteiger partial charge in [0.05, 0.1) is 5.92 Å². The molecule has 2 fully saturated rings. The van der Waals surface area contributed by atoms with Crippen molar-refractivity contribution >= 4 is 29.1 Å². The molecule has 25 heavy (non-hydrogen) atoms. The fourth-order valence-electron chi connectivity index (χ4n) is 3.65. The fraction of sp³-hybridized carbons (Fsp3) is 0.526. The topological polar surface area (TPSA) is 78.5 Å². The maximum atomic E-state index is 12.5. The van der Waals surface area contributed by atoms with Gasteiger partial charge in [-0.3, -0.25) is 14.4 Å². The van der Waals surface area contributed by atoms with Crippen molar-refractivity contribution in [1.82, 2.24) is 5.32 Å². The molecule has 1 saturated carbocycles. The van der Waals surface area contributed by atoms with Crippen LogP contribution in [0.15, 0.2) is 24.3 Å². The number of hydrogen-bond donors (Lipinski definition) is 2. The molecule has 1 aliphatic carbocycles. The molecule has 1 aromatic rings. The average Bonchev–Trinajstić information content (AvgIpc) is 2.97. The highest BCUT2D eigenvalue weighted by Crippen LogP contribution is 2.28. The summed E-state index contributed by atoms with van der Waals surface area (Å²) in [5.74, 6) is -0.530. The van der Waals surface area contributed by atoms with Gasteiger partial charge in [0, 0.05) is 37.3 Å². The van der Waals surface area contributed by atoms with Crippen LogP contribution in [0.2, 0.25) is 0 Å². The highest BCUT2D eigenvalue weighted by molar-refractivity contribution is 6.01. The molecule has 1 heterocycles. The lowest BCUT2D eigenvalue weighted by molar-refractivity contribution is -0.127. The molecule has 6 heteroatoms. The molecule has 1 unspecified atom stereocenters. The number of carbonyl (C=O) groups excluding carboxylic acids is 3. The summed E-state index contributed by atoms with van der Waals surface area (Å²) in [5.41, 5.74) is 1.36. The SMILES string of the molecule is CC(=O)Nc1cccc(N2CC(C(=O)NC3CCCCC3)CC2=O)c1. The minimum Gasteiger partial charge on any atom is -0.353 e. The van der Waals surface area contributed by atoms with Gasteiger partial charge in [0.1, 0.15) is 0 Å². The molecule has 1 saturated heterocycles. The van der Waals surface area contributed by atoms with Gasteiger partial charge in [-0.15, -0.1) is 0 Å². The lowest BCUT2D eigenvalue weighted by Crippen LogP contribution is -2.40. The van der Waals surface area contributed by atoms with Crippen LogP contribution < -0.4 is 15.5 Å². The van der Waals surface area contributed by atoms with Gasteiger partial charge in [-0.25, -0.2) is 0 Å². The Balaban J connectivity index is 1.63. The van der Waals surface area contributed by atoms with Gasteiger partial charge >= 0.3 is 0 Å². The van der Waals surface area contributed by atoms with Crippen LogP contribution in [0.5, 0.6) is 0 Å². The van der Waals surface area contributed by atoms with Crippen molar-refractivity contribution in [2.45, 2.75) is 51.5 Å². The molecule has 0 spiro atoms. The largest absolute Gasteiger partial charge is 0.353 e. The molecule has 1 aliphatic heterocycles. The molecular formula is C19H25N3O3. The zero-order chi connectivity index (χ0) is 17.8. The Kier molecular flexibility index (Phi) is 5.36. The Hall–Kier alpha value is -2.37. The number of nitrogens with zero attached hydrogens (tertiary/aromatic N) is 1. The second kappa shape index (κ2) is 7.68. The third-order valence-electron chi connectivity index (χ3n) is 4.93. The van der Waals surface area contributed by atoms with Crippen molar-refractivity contribution in [3.05, 3.63) is 24.3 Å². The maximum absolute atomic E-state index is 12.5. The van der Waals surface area contributed by atoms with Crippen molar-refractivity contribution in [2.24, 2.45) is 5.92 Å². The molecule has 0 bridgehead atoms. The highest BCUT2D eigenvalue weighted by atomic mass is 16.2. The van der Waals surface area contributed by atoms with Crippen LogP contribution in [-0.2, 0) is 14.4 Å². The standard InChI is InChI=1S/C19H25N3O3/c1-13(23)20-16-8-5-9-17(11-16)22-12-14(10-18(22)24)19(25)21-15-6-3-2-4-7-15/h5,8-9,11,14-15H,2-4,6-7,10,12H2,1H3,(H,20,23)(H,21,25). The molecule has 2 aliphatic rings. The van der Waals surface area contributed by atoms with Crippen molar-refractivity contribution in [2.75, 3.05) is 16.8 Å². The van der Waals surface area contributed by atoms with Gasteiger partial charge in [-0.05, 0) is 31.0 Å². The van der Waals surface area contributed by atoms with E-state index in [0.29, 0.717) is 17.9 Å². The van der Waals surface area contributed by atoms with Crippen LogP contribution in [-0.4, -0.2) is 30.3 Å². The van der Waals surface area contributed by atoms with E-state index >= 15 is 0 Å². The van der Waals surface area contributed by atoms with Crippen LogP contribution >= 0.6 is 0 Å². The number of carbonyl (C=O) groups is 3. The maximum Gasteiger partial charge on any atom is 0.227 e. The van der Waals surface area contributed by atoms with Gasteiger partial charge in [0.2, 0.25) is 17.7 Å². The fourth-order valence-corrected chi connectivity index (χ4v) is 3.65. The first-order chi connectivity index (χ1) is 12.0. The number of benzene rings is 1. The van der Waals surface area contributed by atoms with E-state index in [1.165, 1.54) is 13.3 Å². The van der Waals surface area contributed by atoms with Gasteiger partial charge in [-0.2, -0.15) is 0 Å². The molecule has 1 atom stereocenters. The van der Waals surface area contributed by atoms with Crippen molar-refractivity contribution in [3.63, 3.8) is 0 Å². The van der Waals surface area contributed by atoms with Crippen LogP contribution in [0.1, 0.15) is 45.4 Å². The van der Waals surface area contributed by atoms with E-state index in [1.54, 1.807) is 23.1 Å². The number of hydrogen-bond acceptors (Lipinski definition) is 3. The quantitative estimate of drug-likeness (QED) is 0.881. The van der Waals surface area contributed by atoms with Crippen LogP contribution in [0.4, 0.5) is 11.4 Å². The molecular weight excluding hydrogens is 318 g/mol. The summed E-state index contributed by atoms with van der Waals surface area (Å²) in [6.45, 7) is 1.83. The summed E-state index contributed by atoms with van der Waals surface area (Å²) in [6.07, 6.45) is 5.88. The van der Waals surface area contributed by atoms with Gasteiger partial charge in [0.25, 0.3) is 0 Å². The molecule has 3 amide bonds. The first-order valence-corrected chi connectivity index (χ1v) is 9.01. The summed E-state index contributed by atoms with van der Waals surface area (Å²) in [5, 5.41) is 5.83. The predicted molar refractivity (Wildman–Crippen MR) is 96.2 cm³/mol. The van der Waals surface area contributed by atoms with Crippen LogP contribution in [0.25, 0.3) is 0 Å². The van der Waals surface area contributed by atoms with E-state index in [1.807, 2.05) is 6.07 Å². The van der Waals surface area contributed by atoms with Crippen molar-refractivity contribution < 1.29 is 14.4 Å². The molecule has 0 radical (unpaired) electrons. The van der Waals surface area contributed by atoms with E-state index in [-0.39, 0.29) is 36.1 Å². The first kappa shape index (κ1) is 17.5. The smallest absolute Gasteiger partial charge is 0.227 e. The number of amides is 3. The van der Waals surface area contributed by atoms with Gasteiger partial charge in [0.15, 0.2) is 0 Å². The second-order valence-electron chi connectivity index (χ2n) is 6.98. The third kappa shape index (κ3) is 4.38. The van der Waals surface area contributed by atoms with Crippen molar-refractivity contribution in [3.8, 4) is 0 Å². The Bertz CT molecular complexity index is 668. The minimum absolute atomic E-state index is 0.0132. The van der Waals surface area contributed by atoms with E-state index in [2.05, 4.69) is 10.6 Å². The molecule has 3 rings (SSSR count). The Morgan fingerprint density at radius 3 is 2.64 bits per heavy atom. The van der Waals surface area contributed by atoms with E-state index < -0.39 is 0 Å². The summed E-state index contributed by atoms with van der Waals surface area (Å²) in [7, 11) is 0. The zero-order valence-electron chi connectivity index (χ0n) is 14.6. The summed E-state index contributed by atoms with van der Waals surface area (Å²) in [4.78, 5) is 37.7. The number of anilines is 2. The number of rotatable bonds is 4. The lowest BCUT2D eigenvalue weighted by Gasteiger charge is -2.24. The van der Waals surface area contributed by atoms with Crippen LogP contribution in [0.3, 0.4) is 0 Å². The number of nitrogens with one attached hydrogen (secondary N) is 2. The summed E-state index contributed by atoms with van der Waals surface area (Å²) in [6, 6.07) is 7.42. The predicted octanol–water partition coefficient (Wildman–Crippen LogP) is 2.45. The van der Waals surface area contributed by atoms with Crippen LogP contribution in [0, 0.1) is 5.92 Å². The highest BCUT2D eigenvalue weighted by Gasteiger charge is 2.36. The Labute approximate surface area is 148 Å². The average molecular weight is 343 g/mol. The Morgan fingerprint density at radius 2 is 1.92 bits per heavy atom. The van der Waals surface area contributed by atoms with E-state index in [4.69, 9.17) is 0 Å². The molecule has 6 nitrogen and oxygen atoms in total. The van der Waals surface area contributed by atoms with Gasteiger partial charge in [-0.1, -0.05) is 25.3 Å². The molecule has 2 N–H and O–H groups in total. The monoisotopic (exact) mass is 343 g/mol. The Morgan fingerprint density at radius 1 is 1.16 bits per heavy atom. The van der Waals surface area contributed by atoms with E-state index in [0.717, 1.165) is 25.7 Å². The normalized spacial score (nSPS) is 21.2. The summed E-state index contributed by atoms with van der Waals surface area (Å²) >= 11 is 0. The first-order valence-electron chi connectivity index (χ1n) is 9.01. The molecule has 1 aromatic carbocycles. The molecule has 134 valence electrons. The summed E-state index contributed by atoms with van der Waals surface area (Å²) < 4.78 is 0. The second-order valence-corrected chi connectivity index (χ2v) is 6.98. The minimum atomic E-state index is -0.307. The van der Waals surface area contributed by atoms with E-state index in [9.17, 15) is 14.4 Å². The lowest BCUT2D eigenvalue weighted by atomic mass is 9.95. The van der Waals surface area contributed by atoms with Gasteiger partial charge < -0.3 is 15.5 Å².